The molecule has 0 amide bonds. The van der Waals surface area contributed by atoms with Crippen LogP contribution in [-0.2, 0) is 16.1 Å². The van der Waals surface area contributed by atoms with Crippen LogP contribution in [0.5, 0.6) is 0 Å². The molecule has 102 valence electrons. The average molecular weight is 318 g/mol. The summed E-state index contributed by atoms with van der Waals surface area (Å²) in [5.74, 6) is 0. The number of nitrogens with zero attached hydrogens (tertiary/aromatic N) is 3. The SMILES string of the molecule is O=CC(c1ccsc1)[N+]1(C(=S)NS(=O)[O-])CCN=N1. The number of quaternary nitrogens is 1. The van der Waals surface area contributed by atoms with Crippen LogP contribution in [0.2, 0.25) is 0 Å². The Morgan fingerprint density at radius 3 is 3.00 bits per heavy atom. The maximum atomic E-state index is 11.4. The van der Waals surface area contributed by atoms with Crippen LogP contribution in [0, 0.1) is 0 Å². The highest BCUT2D eigenvalue weighted by Crippen LogP contribution is 2.32. The molecule has 1 aliphatic rings. The summed E-state index contributed by atoms with van der Waals surface area (Å²) in [5, 5.41) is 11.4. The maximum Gasteiger partial charge on any atom is 0.310 e. The van der Waals surface area contributed by atoms with Crippen LogP contribution in [0.1, 0.15) is 11.6 Å². The summed E-state index contributed by atoms with van der Waals surface area (Å²) in [7, 11) is 0. The summed E-state index contributed by atoms with van der Waals surface area (Å²) in [4.78, 5) is 11.4. The van der Waals surface area contributed by atoms with E-state index in [1.165, 1.54) is 11.3 Å². The molecule has 19 heavy (non-hydrogen) atoms. The van der Waals surface area contributed by atoms with Gasteiger partial charge in [-0.15, -0.1) is 9.71 Å². The Bertz CT molecular complexity index is 533. The molecular weight excluding hydrogens is 308 g/mol. The molecule has 2 rings (SSSR count). The van der Waals surface area contributed by atoms with Crippen molar-refractivity contribution in [2.24, 2.45) is 10.3 Å². The van der Waals surface area contributed by atoms with Gasteiger partial charge in [-0.3, -0.25) is 13.7 Å². The number of rotatable bonds is 4. The Morgan fingerprint density at radius 2 is 2.53 bits per heavy atom. The molecule has 0 aromatic carbocycles. The van der Waals surface area contributed by atoms with E-state index in [1.54, 1.807) is 6.07 Å². The van der Waals surface area contributed by atoms with Crippen molar-refractivity contribution in [3.63, 3.8) is 0 Å². The lowest BCUT2D eigenvalue weighted by atomic mass is 10.1. The van der Waals surface area contributed by atoms with E-state index >= 15 is 0 Å². The van der Waals surface area contributed by atoms with Crippen molar-refractivity contribution >= 4 is 46.2 Å². The quantitative estimate of drug-likeness (QED) is 0.385. The molecule has 7 nitrogen and oxygen atoms in total. The molecule has 1 aromatic heterocycles. The second-order valence-electron chi connectivity index (χ2n) is 3.78. The van der Waals surface area contributed by atoms with Gasteiger partial charge in [0.1, 0.15) is 13.1 Å². The maximum absolute atomic E-state index is 11.4. The molecule has 0 fully saturated rings. The van der Waals surface area contributed by atoms with E-state index in [9.17, 15) is 13.6 Å². The first-order chi connectivity index (χ1) is 9.10. The zero-order chi connectivity index (χ0) is 13.9. The average Bonchev–Trinajstić information content (AvgIpc) is 3.00. The Kier molecular flexibility index (Phi) is 4.47. The zero-order valence-corrected chi connectivity index (χ0v) is 12.0. The van der Waals surface area contributed by atoms with E-state index in [2.05, 4.69) is 15.1 Å². The first-order valence-corrected chi connectivity index (χ1v) is 7.67. The van der Waals surface area contributed by atoms with E-state index in [0.29, 0.717) is 19.4 Å². The fourth-order valence-electron chi connectivity index (χ4n) is 1.88. The zero-order valence-electron chi connectivity index (χ0n) is 9.59. The van der Waals surface area contributed by atoms with Gasteiger partial charge < -0.3 is 4.55 Å². The number of hydrogen-bond acceptors (Lipinski definition) is 7. The van der Waals surface area contributed by atoms with E-state index in [4.69, 9.17) is 12.2 Å². The molecule has 2 heterocycles. The second kappa shape index (κ2) is 5.92. The second-order valence-corrected chi connectivity index (χ2v) is 5.62. The van der Waals surface area contributed by atoms with Gasteiger partial charge in [-0.05, 0) is 11.4 Å². The lowest BCUT2D eigenvalue weighted by Crippen LogP contribution is -2.55. The number of carbonyl (C=O) groups is 1. The fraction of sp³-hybridized carbons (Fsp3) is 0.333. The third-order valence-corrected chi connectivity index (χ3v) is 4.37. The van der Waals surface area contributed by atoms with Crippen LogP contribution in [0.3, 0.4) is 0 Å². The monoisotopic (exact) mass is 318 g/mol. The summed E-state index contributed by atoms with van der Waals surface area (Å²) in [6, 6.07) is 1.09. The molecule has 10 heteroatoms. The van der Waals surface area contributed by atoms with Crippen molar-refractivity contribution in [1.29, 1.82) is 0 Å². The Balaban J connectivity index is 2.38. The molecule has 1 N–H and O–H groups in total. The third-order valence-electron chi connectivity index (χ3n) is 2.76. The number of hydrogen-bond donors (Lipinski definition) is 1. The minimum Gasteiger partial charge on any atom is -0.755 e. The number of thiocarbonyl (C=S) groups is 1. The van der Waals surface area contributed by atoms with Gasteiger partial charge in [0.2, 0.25) is 6.04 Å². The Morgan fingerprint density at radius 1 is 1.74 bits per heavy atom. The molecule has 3 atom stereocenters. The van der Waals surface area contributed by atoms with E-state index in [0.717, 1.165) is 5.56 Å². The van der Waals surface area contributed by atoms with Crippen molar-refractivity contribution in [3.8, 4) is 0 Å². The molecular formula is C9H10N4O3S3. The number of carbonyl (C=O) groups excluding carboxylic acids is 1. The molecule has 0 spiro atoms. The molecule has 0 saturated heterocycles. The Labute approximate surface area is 121 Å². The highest BCUT2D eigenvalue weighted by Gasteiger charge is 2.47. The van der Waals surface area contributed by atoms with Crippen molar-refractivity contribution in [2.45, 2.75) is 6.04 Å². The molecule has 0 bridgehead atoms. The normalized spacial score (nSPS) is 24.9. The predicted molar refractivity (Wildman–Crippen MR) is 72.6 cm³/mol. The number of aldehydes is 1. The van der Waals surface area contributed by atoms with Crippen LogP contribution in [0.15, 0.2) is 27.2 Å². The molecule has 1 aromatic rings. The summed E-state index contributed by atoms with van der Waals surface area (Å²) < 4.78 is 23.3. The van der Waals surface area contributed by atoms with Crippen molar-refractivity contribution in [1.82, 2.24) is 4.72 Å². The topological polar surface area (TPSA) is 94.0 Å². The van der Waals surface area contributed by atoms with Crippen LogP contribution in [-0.4, -0.2) is 37.8 Å². The number of nitrogens with one attached hydrogen (secondary N) is 1. The smallest absolute Gasteiger partial charge is 0.310 e. The van der Waals surface area contributed by atoms with Crippen molar-refractivity contribution < 1.29 is 18.1 Å². The standard InChI is InChI=1S/C9H10N4O3S3/c14-5-8(7-1-4-18-6-7)13(3-2-10-12-13)9(17)11-19(15)16/h1,4-6,8H,2-3H2,(H-,11,15,16,17). The van der Waals surface area contributed by atoms with Crippen LogP contribution >= 0.6 is 23.6 Å². The first kappa shape index (κ1) is 14.3. The van der Waals surface area contributed by atoms with Gasteiger partial charge in [0.05, 0.1) is 0 Å². The van der Waals surface area contributed by atoms with Gasteiger partial charge in [-0.1, -0.05) is 0 Å². The van der Waals surface area contributed by atoms with Gasteiger partial charge in [-0.2, -0.15) is 11.3 Å². The lowest BCUT2D eigenvalue weighted by molar-refractivity contribution is -0.863. The van der Waals surface area contributed by atoms with Crippen LogP contribution < -0.4 is 4.72 Å². The highest BCUT2D eigenvalue weighted by molar-refractivity contribution is 7.83. The highest BCUT2D eigenvalue weighted by atomic mass is 32.2. The summed E-state index contributed by atoms with van der Waals surface area (Å²) >= 11 is 3.96. The van der Waals surface area contributed by atoms with Crippen molar-refractivity contribution in [2.75, 3.05) is 13.1 Å². The molecule has 0 radical (unpaired) electrons. The van der Waals surface area contributed by atoms with Crippen LogP contribution in [0.25, 0.3) is 0 Å². The summed E-state index contributed by atoms with van der Waals surface area (Å²) in [6.07, 6.45) is 0.716. The van der Waals surface area contributed by atoms with Gasteiger partial charge in [-0.25, -0.2) is 0 Å². The lowest BCUT2D eigenvalue weighted by Gasteiger charge is -2.31. The third kappa shape index (κ3) is 2.77. The summed E-state index contributed by atoms with van der Waals surface area (Å²) in [5.41, 5.74) is 0.738. The first-order valence-electron chi connectivity index (χ1n) is 5.25. The molecule has 3 unspecified atom stereocenters. The minimum atomic E-state index is -2.55. The predicted octanol–water partition coefficient (Wildman–Crippen LogP) is 0.854. The van der Waals surface area contributed by atoms with Gasteiger partial charge in [0.15, 0.2) is 6.29 Å². The molecule has 1 aliphatic heterocycles. The van der Waals surface area contributed by atoms with Gasteiger partial charge >= 0.3 is 5.11 Å². The van der Waals surface area contributed by atoms with Gasteiger partial charge in [0.25, 0.3) is 0 Å². The number of thiophene rings is 1. The van der Waals surface area contributed by atoms with E-state index < -0.39 is 17.3 Å². The van der Waals surface area contributed by atoms with Gasteiger partial charge in [0, 0.05) is 39.7 Å². The Hall–Kier alpha value is -1.07. The summed E-state index contributed by atoms with van der Waals surface area (Å²) in [6.45, 7) is 0.740. The molecule has 0 saturated carbocycles. The fourth-order valence-corrected chi connectivity index (χ4v) is 3.32. The molecule has 0 aliphatic carbocycles. The van der Waals surface area contributed by atoms with E-state index in [1.807, 2.05) is 10.8 Å². The minimum absolute atomic E-state index is 0.0575. The largest absolute Gasteiger partial charge is 0.755 e. The van der Waals surface area contributed by atoms with Crippen LogP contribution in [0.4, 0.5) is 0 Å². The van der Waals surface area contributed by atoms with Crippen molar-refractivity contribution in [3.05, 3.63) is 22.4 Å². The van der Waals surface area contributed by atoms with E-state index in [-0.39, 0.29) is 9.70 Å².